The Hall–Kier alpha value is -5.14. The van der Waals surface area contributed by atoms with Crippen molar-refractivity contribution < 1.29 is 43.7 Å². The van der Waals surface area contributed by atoms with Crippen molar-refractivity contribution in [3.05, 3.63) is 65.7 Å². The number of ether oxygens (including phenoxy) is 1. The quantitative estimate of drug-likeness (QED) is 0.153. The molecule has 4 atom stereocenters. The molecule has 0 saturated carbocycles. The zero-order valence-electron chi connectivity index (χ0n) is 29.1. The molecule has 0 bridgehead atoms. The third-order valence-corrected chi connectivity index (χ3v) is 7.31. The van der Waals surface area contributed by atoms with E-state index < -0.39 is 72.0 Å². The standard InChI is InChI=1S/C35H49N5O9/c1-21(2)17-27(33(46)47)38-32(45)28(19-23-11-9-8-10-12-23)40(7)29(42)20-36-30(43)22(3)37-31(44)26(39-34(48)49-35(4,5)6)18-24-13-15-25(41)16-14-24/h8-16,21-22,26-28,41H,17-20H2,1-7H3,(H,36,43)(H,37,44)(H,38,45)(H,39,48)(H,46,47)/t22-,26+,27-,28+/m1/s1. The lowest BCUT2D eigenvalue weighted by atomic mass is 10.0. The van der Waals surface area contributed by atoms with Crippen molar-refractivity contribution in [3.63, 3.8) is 0 Å². The van der Waals surface area contributed by atoms with Gasteiger partial charge in [0.2, 0.25) is 23.6 Å². The van der Waals surface area contributed by atoms with E-state index in [4.69, 9.17) is 4.74 Å². The first-order chi connectivity index (χ1) is 22.9. The first kappa shape index (κ1) is 40.0. The van der Waals surface area contributed by atoms with Crippen LogP contribution in [0.5, 0.6) is 5.75 Å². The van der Waals surface area contributed by atoms with Gasteiger partial charge in [0.05, 0.1) is 6.54 Å². The molecule has 2 aromatic rings. The maximum absolute atomic E-state index is 13.4. The normalized spacial score (nSPS) is 13.6. The number of amides is 5. The number of carboxylic acid groups (broad SMARTS) is 1. The Kier molecular flexibility index (Phi) is 15.0. The molecule has 0 heterocycles. The first-order valence-electron chi connectivity index (χ1n) is 16.0. The predicted molar refractivity (Wildman–Crippen MR) is 181 cm³/mol. The number of benzene rings is 2. The lowest BCUT2D eigenvalue weighted by Crippen LogP contribution is -2.56. The minimum Gasteiger partial charge on any atom is -0.508 e. The van der Waals surface area contributed by atoms with Gasteiger partial charge in [0.15, 0.2) is 0 Å². The molecule has 0 spiro atoms. The molecule has 2 rings (SSSR count). The first-order valence-corrected chi connectivity index (χ1v) is 16.0. The second kappa shape index (κ2) is 18.4. The van der Waals surface area contributed by atoms with Crippen molar-refractivity contribution in [1.82, 2.24) is 26.2 Å². The highest BCUT2D eigenvalue weighted by Crippen LogP contribution is 2.14. The van der Waals surface area contributed by atoms with Crippen molar-refractivity contribution in [1.29, 1.82) is 0 Å². The van der Waals surface area contributed by atoms with Crippen molar-refractivity contribution in [2.24, 2.45) is 5.92 Å². The number of hydrogen-bond donors (Lipinski definition) is 6. The van der Waals surface area contributed by atoms with Crippen LogP contribution in [0.4, 0.5) is 4.79 Å². The highest BCUT2D eigenvalue weighted by Gasteiger charge is 2.32. The SMILES string of the molecule is CC(C)C[C@@H](NC(=O)[C@H](Cc1ccccc1)N(C)C(=O)CNC(=O)[C@@H](C)NC(=O)[C@H](Cc1ccc(O)cc1)NC(=O)OC(C)(C)C)C(=O)O. The van der Waals surface area contributed by atoms with Gasteiger partial charge in [-0.25, -0.2) is 9.59 Å². The number of phenols is 1. The molecule has 0 unspecified atom stereocenters. The molecule has 0 aromatic heterocycles. The number of carboxylic acids is 1. The Bertz CT molecular complexity index is 1440. The molecule has 0 saturated heterocycles. The van der Waals surface area contributed by atoms with Crippen LogP contribution in [0.15, 0.2) is 54.6 Å². The molecular formula is C35H49N5O9. The van der Waals surface area contributed by atoms with Crippen LogP contribution in [0.2, 0.25) is 0 Å². The van der Waals surface area contributed by atoms with Gasteiger partial charge >= 0.3 is 12.1 Å². The molecule has 0 aliphatic carbocycles. The molecular weight excluding hydrogens is 634 g/mol. The molecule has 5 amide bonds. The molecule has 0 aliphatic heterocycles. The molecule has 268 valence electrons. The summed E-state index contributed by atoms with van der Waals surface area (Å²) in [5.74, 6) is -3.86. The lowest BCUT2D eigenvalue weighted by molar-refractivity contribution is -0.144. The van der Waals surface area contributed by atoms with Gasteiger partial charge in [0.25, 0.3) is 0 Å². The molecule has 14 heteroatoms. The van der Waals surface area contributed by atoms with E-state index in [0.29, 0.717) is 5.56 Å². The van der Waals surface area contributed by atoms with Crippen molar-refractivity contribution in [2.45, 2.75) is 90.6 Å². The average Bonchev–Trinajstić information content (AvgIpc) is 3.01. The molecule has 0 aliphatic rings. The third-order valence-electron chi connectivity index (χ3n) is 7.31. The maximum Gasteiger partial charge on any atom is 0.408 e. The summed E-state index contributed by atoms with van der Waals surface area (Å²) >= 11 is 0. The monoisotopic (exact) mass is 683 g/mol. The van der Waals surface area contributed by atoms with Crippen LogP contribution >= 0.6 is 0 Å². The van der Waals surface area contributed by atoms with Crippen LogP contribution in [0.3, 0.4) is 0 Å². The fourth-order valence-corrected chi connectivity index (χ4v) is 4.72. The number of aromatic hydroxyl groups is 1. The van der Waals surface area contributed by atoms with Gasteiger partial charge in [-0.2, -0.15) is 0 Å². The molecule has 6 N–H and O–H groups in total. The zero-order valence-corrected chi connectivity index (χ0v) is 29.1. The number of nitrogens with zero attached hydrogens (tertiary/aromatic N) is 1. The maximum atomic E-state index is 13.4. The number of hydrogen-bond acceptors (Lipinski definition) is 8. The Morgan fingerprint density at radius 1 is 0.776 bits per heavy atom. The molecule has 0 fully saturated rings. The number of carbonyl (C=O) groups is 6. The fourth-order valence-electron chi connectivity index (χ4n) is 4.72. The van der Waals surface area contributed by atoms with E-state index in [1.54, 1.807) is 63.2 Å². The van der Waals surface area contributed by atoms with Crippen LogP contribution in [-0.2, 0) is 41.6 Å². The van der Waals surface area contributed by atoms with Gasteiger partial charge in [-0.05, 0) is 63.3 Å². The number of rotatable bonds is 16. The largest absolute Gasteiger partial charge is 0.508 e. The van der Waals surface area contributed by atoms with Crippen LogP contribution < -0.4 is 21.3 Å². The number of carbonyl (C=O) groups excluding carboxylic acids is 5. The molecule has 2 aromatic carbocycles. The van der Waals surface area contributed by atoms with Gasteiger partial charge in [-0.3, -0.25) is 19.2 Å². The highest BCUT2D eigenvalue weighted by molar-refractivity contribution is 5.94. The Morgan fingerprint density at radius 3 is 1.92 bits per heavy atom. The Morgan fingerprint density at radius 2 is 1.37 bits per heavy atom. The van der Waals surface area contributed by atoms with Gasteiger partial charge in [-0.1, -0.05) is 56.3 Å². The summed E-state index contributed by atoms with van der Waals surface area (Å²) in [7, 11) is 1.39. The third kappa shape index (κ3) is 14.3. The number of nitrogens with one attached hydrogen (secondary N) is 4. The van der Waals surface area contributed by atoms with Crippen molar-refractivity contribution in [3.8, 4) is 5.75 Å². The molecule has 49 heavy (non-hydrogen) atoms. The van der Waals surface area contributed by atoms with E-state index >= 15 is 0 Å². The number of phenolic OH excluding ortho intramolecular Hbond substituents is 1. The van der Waals surface area contributed by atoms with Gasteiger partial charge in [0, 0.05) is 19.9 Å². The molecule has 14 nitrogen and oxygen atoms in total. The van der Waals surface area contributed by atoms with E-state index in [1.807, 2.05) is 13.8 Å². The Labute approximate surface area is 287 Å². The predicted octanol–water partition coefficient (Wildman–Crippen LogP) is 2.13. The fraction of sp³-hybridized carbons (Fsp3) is 0.486. The van der Waals surface area contributed by atoms with Crippen LogP contribution in [0.1, 0.15) is 59.1 Å². The van der Waals surface area contributed by atoms with E-state index in [-0.39, 0.29) is 30.9 Å². The second-order valence-electron chi connectivity index (χ2n) is 13.3. The number of alkyl carbamates (subject to hydrolysis) is 1. The minimum absolute atomic E-state index is 0.0118. The average molecular weight is 684 g/mol. The number of likely N-dealkylation sites (N-methyl/N-ethyl adjacent to an activating group) is 1. The van der Waals surface area contributed by atoms with E-state index in [1.165, 1.54) is 26.1 Å². The topological polar surface area (TPSA) is 203 Å². The van der Waals surface area contributed by atoms with Gasteiger partial charge in [-0.15, -0.1) is 0 Å². The van der Waals surface area contributed by atoms with Crippen LogP contribution in [-0.4, -0.2) is 94.2 Å². The van der Waals surface area contributed by atoms with E-state index in [0.717, 1.165) is 10.5 Å². The summed E-state index contributed by atoms with van der Waals surface area (Å²) in [5.41, 5.74) is 0.525. The summed E-state index contributed by atoms with van der Waals surface area (Å²) in [6.45, 7) is 9.56. The summed E-state index contributed by atoms with van der Waals surface area (Å²) in [6.07, 6.45) is -0.533. The molecule has 0 radical (unpaired) electrons. The lowest BCUT2D eigenvalue weighted by Gasteiger charge is -2.29. The van der Waals surface area contributed by atoms with E-state index in [2.05, 4.69) is 21.3 Å². The van der Waals surface area contributed by atoms with Gasteiger partial charge < -0.3 is 41.1 Å². The van der Waals surface area contributed by atoms with Crippen molar-refractivity contribution >= 4 is 35.7 Å². The summed E-state index contributed by atoms with van der Waals surface area (Å²) in [5, 5.41) is 29.3. The Balaban J connectivity index is 2.11. The number of aliphatic carboxylic acids is 1. The summed E-state index contributed by atoms with van der Waals surface area (Å²) < 4.78 is 5.29. The highest BCUT2D eigenvalue weighted by atomic mass is 16.6. The second-order valence-corrected chi connectivity index (χ2v) is 13.3. The summed E-state index contributed by atoms with van der Waals surface area (Å²) in [6, 6.07) is 10.4. The van der Waals surface area contributed by atoms with Crippen LogP contribution in [0.25, 0.3) is 0 Å². The van der Waals surface area contributed by atoms with Crippen molar-refractivity contribution in [2.75, 3.05) is 13.6 Å². The van der Waals surface area contributed by atoms with Crippen LogP contribution in [0, 0.1) is 5.92 Å². The smallest absolute Gasteiger partial charge is 0.408 e. The van der Waals surface area contributed by atoms with E-state index in [9.17, 15) is 39.0 Å². The minimum atomic E-state index is -1.19. The zero-order chi connectivity index (χ0) is 36.9. The summed E-state index contributed by atoms with van der Waals surface area (Å²) in [4.78, 5) is 78.3. The van der Waals surface area contributed by atoms with Gasteiger partial charge in [0.1, 0.15) is 35.5 Å².